The minimum atomic E-state index is -4.64. The summed E-state index contributed by atoms with van der Waals surface area (Å²) < 4.78 is 38.7. The van der Waals surface area contributed by atoms with Gasteiger partial charge < -0.3 is 10.2 Å². The van der Waals surface area contributed by atoms with E-state index >= 15 is 0 Å². The molecule has 0 saturated carbocycles. The van der Waals surface area contributed by atoms with E-state index in [4.69, 9.17) is 11.6 Å². The third-order valence-electron chi connectivity index (χ3n) is 3.72. The van der Waals surface area contributed by atoms with Crippen molar-refractivity contribution >= 4 is 40.9 Å². The Hall–Kier alpha value is -2.27. The summed E-state index contributed by atoms with van der Waals surface area (Å²) in [6, 6.07) is 3.05. The number of carbonyl (C=O) groups is 2. The molecule has 0 saturated heterocycles. The molecule has 0 spiro atoms. The Kier molecular flexibility index (Phi) is 7.53. The molecule has 2 aromatic rings. The maximum absolute atomic E-state index is 12.9. The summed E-state index contributed by atoms with van der Waals surface area (Å²) in [7, 11) is 1.42. The largest absolute Gasteiger partial charge is 0.417 e. The van der Waals surface area contributed by atoms with Crippen LogP contribution in [0.5, 0.6) is 0 Å². The monoisotopic (exact) mass is 449 g/mol. The van der Waals surface area contributed by atoms with E-state index in [0.29, 0.717) is 11.0 Å². The maximum atomic E-state index is 12.9. The standard InChI is InChI=1S/C17H19ClF3N5O2S/c1-9(2)15-23-16(25-24-15)29-8-14(28)26(3)7-13(27)22-10-4-5-12(18)11(6-10)17(19,20)21/h4-6,9H,7-8H2,1-3H3,(H,22,27)(H,23,24,25). The van der Waals surface area contributed by atoms with Gasteiger partial charge in [-0.25, -0.2) is 4.98 Å². The Morgan fingerprint density at radius 2 is 2.03 bits per heavy atom. The van der Waals surface area contributed by atoms with Crippen LogP contribution < -0.4 is 5.32 Å². The van der Waals surface area contributed by atoms with Crippen molar-refractivity contribution in [2.75, 3.05) is 24.7 Å². The van der Waals surface area contributed by atoms with Gasteiger partial charge in [-0.1, -0.05) is 37.2 Å². The topological polar surface area (TPSA) is 91.0 Å². The molecule has 2 amide bonds. The van der Waals surface area contributed by atoms with Crippen LogP contribution in [0.3, 0.4) is 0 Å². The zero-order valence-corrected chi connectivity index (χ0v) is 17.4. The second-order valence-corrected chi connectivity index (χ2v) is 7.79. The highest BCUT2D eigenvalue weighted by molar-refractivity contribution is 7.99. The molecule has 0 aliphatic carbocycles. The lowest BCUT2D eigenvalue weighted by Gasteiger charge is -2.17. The van der Waals surface area contributed by atoms with Crippen LogP contribution in [0.4, 0.5) is 18.9 Å². The molecule has 12 heteroatoms. The number of nitrogens with one attached hydrogen (secondary N) is 2. The number of benzene rings is 1. The zero-order valence-electron chi connectivity index (χ0n) is 15.8. The predicted octanol–water partition coefficient (Wildman–Crippen LogP) is 3.79. The van der Waals surface area contributed by atoms with Gasteiger partial charge in [-0.2, -0.15) is 13.2 Å². The Bertz CT molecular complexity index is 888. The number of nitrogens with zero attached hydrogens (tertiary/aromatic N) is 3. The molecule has 0 aliphatic heterocycles. The number of thioether (sulfide) groups is 1. The molecule has 1 aromatic carbocycles. The SMILES string of the molecule is CC(C)c1nc(SCC(=O)N(C)CC(=O)Nc2ccc(Cl)c(C(F)(F)F)c2)n[nH]1. The van der Waals surface area contributed by atoms with E-state index in [1.807, 2.05) is 13.8 Å². The van der Waals surface area contributed by atoms with Crippen LogP contribution in [0.15, 0.2) is 23.4 Å². The second-order valence-electron chi connectivity index (χ2n) is 6.44. The highest BCUT2D eigenvalue weighted by Gasteiger charge is 2.33. The van der Waals surface area contributed by atoms with Gasteiger partial charge in [-0.05, 0) is 18.2 Å². The summed E-state index contributed by atoms with van der Waals surface area (Å²) >= 11 is 6.66. The molecular formula is C17H19ClF3N5O2S. The van der Waals surface area contributed by atoms with Crippen molar-refractivity contribution in [3.05, 3.63) is 34.6 Å². The molecule has 0 radical (unpaired) electrons. The lowest BCUT2D eigenvalue weighted by Crippen LogP contribution is -2.36. The number of halogens is 4. The Balaban J connectivity index is 1.88. The van der Waals surface area contributed by atoms with Crippen LogP contribution in [0.25, 0.3) is 0 Å². The summed E-state index contributed by atoms with van der Waals surface area (Å²) in [4.78, 5) is 29.6. The van der Waals surface area contributed by atoms with E-state index in [-0.39, 0.29) is 29.8 Å². The average molecular weight is 450 g/mol. The lowest BCUT2D eigenvalue weighted by atomic mass is 10.2. The van der Waals surface area contributed by atoms with Gasteiger partial charge in [-0.3, -0.25) is 14.7 Å². The first-order chi connectivity index (χ1) is 13.5. The molecule has 0 bridgehead atoms. The fourth-order valence-electron chi connectivity index (χ4n) is 2.14. The van der Waals surface area contributed by atoms with Gasteiger partial charge in [0.2, 0.25) is 17.0 Å². The molecule has 29 heavy (non-hydrogen) atoms. The summed E-state index contributed by atoms with van der Waals surface area (Å²) in [5.74, 6) is -0.105. The van der Waals surface area contributed by atoms with Crippen molar-refractivity contribution in [3.63, 3.8) is 0 Å². The van der Waals surface area contributed by atoms with E-state index < -0.39 is 22.7 Å². The van der Waals surface area contributed by atoms with Crippen LogP contribution in [-0.4, -0.2) is 51.2 Å². The van der Waals surface area contributed by atoms with Crippen LogP contribution >= 0.6 is 23.4 Å². The normalized spacial score (nSPS) is 11.6. The first kappa shape index (κ1) is 23.0. The fourth-order valence-corrected chi connectivity index (χ4v) is 3.11. The smallest absolute Gasteiger partial charge is 0.336 e. The van der Waals surface area contributed by atoms with Gasteiger partial charge >= 0.3 is 6.18 Å². The summed E-state index contributed by atoms with van der Waals surface area (Å²) in [6.45, 7) is 3.57. The fraction of sp³-hybridized carbons (Fsp3) is 0.412. The number of hydrogen-bond acceptors (Lipinski definition) is 5. The molecule has 0 fully saturated rings. The third kappa shape index (κ3) is 6.64. The van der Waals surface area contributed by atoms with Crippen molar-refractivity contribution in [3.8, 4) is 0 Å². The molecule has 2 N–H and O–H groups in total. The molecule has 1 heterocycles. The molecule has 0 unspecified atom stereocenters. The van der Waals surface area contributed by atoms with Crippen molar-refractivity contribution in [2.45, 2.75) is 31.1 Å². The number of hydrogen-bond donors (Lipinski definition) is 2. The van der Waals surface area contributed by atoms with E-state index in [1.54, 1.807) is 0 Å². The van der Waals surface area contributed by atoms with Gasteiger partial charge in [-0.15, -0.1) is 5.10 Å². The van der Waals surface area contributed by atoms with E-state index in [0.717, 1.165) is 23.9 Å². The van der Waals surface area contributed by atoms with Crippen LogP contribution in [0.2, 0.25) is 5.02 Å². The first-order valence-electron chi connectivity index (χ1n) is 8.43. The van der Waals surface area contributed by atoms with Crippen molar-refractivity contribution in [2.24, 2.45) is 0 Å². The quantitative estimate of drug-likeness (QED) is 0.627. The highest BCUT2D eigenvalue weighted by Crippen LogP contribution is 2.36. The Morgan fingerprint density at radius 1 is 1.34 bits per heavy atom. The molecule has 158 valence electrons. The van der Waals surface area contributed by atoms with Gasteiger partial charge in [0.25, 0.3) is 0 Å². The summed E-state index contributed by atoms with van der Waals surface area (Å²) in [6.07, 6.45) is -4.64. The number of amides is 2. The maximum Gasteiger partial charge on any atom is 0.417 e. The predicted molar refractivity (Wildman–Crippen MR) is 104 cm³/mol. The average Bonchev–Trinajstić information content (AvgIpc) is 3.09. The minimum Gasteiger partial charge on any atom is -0.336 e. The summed E-state index contributed by atoms with van der Waals surface area (Å²) in [5.41, 5.74) is -1.12. The number of aromatic nitrogens is 3. The molecule has 0 aliphatic rings. The number of aromatic amines is 1. The second kappa shape index (κ2) is 9.49. The molecule has 7 nitrogen and oxygen atoms in total. The van der Waals surface area contributed by atoms with Crippen LogP contribution in [0, 0.1) is 0 Å². The van der Waals surface area contributed by atoms with Gasteiger partial charge in [0.1, 0.15) is 5.82 Å². The van der Waals surface area contributed by atoms with Crippen molar-refractivity contribution in [1.29, 1.82) is 0 Å². The van der Waals surface area contributed by atoms with Crippen molar-refractivity contribution < 1.29 is 22.8 Å². The molecule has 2 rings (SSSR count). The Labute approximate surface area is 174 Å². The zero-order chi connectivity index (χ0) is 21.8. The van der Waals surface area contributed by atoms with E-state index in [2.05, 4.69) is 20.5 Å². The number of anilines is 1. The molecular weight excluding hydrogens is 431 g/mol. The van der Waals surface area contributed by atoms with Crippen LogP contribution in [-0.2, 0) is 15.8 Å². The highest BCUT2D eigenvalue weighted by atomic mass is 35.5. The Morgan fingerprint density at radius 3 is 2.62 bits per heavy atom. The van der Waals surface area contributed by atoms with Gasteiger partial charge in [0.15, 0.2) is 0 Å². The first-order valence-corrected chi connectivity index (χ1v) is 9.79. The molecule has 0 atom stereocenters. The van der Waals surface area contributed by atoms with Gasteiger partial charge in [0.05, 0.1) is 22.9 Å². The number of alkyl halides is 3. The minimum absolute atomic E-state index is 0.0122. The van der Waals surface area contributed by atoms with E-state index in [9.17, 15) is 22.8 Å². The third-order valence-corrected chi connectivity index (χ3v) is 4.88. The lowest BCUT2D eigenvalue weighted by molar-refractivity contribution is -0.137. The number of carbonyl (C=O) groups excluding carboxylic acids is 2. The molecule has 1 aromatic heterocycles. The number of likely N-dealkylation sites (N-methyl/N-ethyl adjacent to an activating group) is 1. The summed E-state index contributed by atoms with van der Waals surface area (Å²) in [5, 5.41) is 9.05. The van der Waals surface area contributed by atoms with Gasteiger partial charge in [0, 0.05) is 18.7 Å². The van der Waals surface area contributed by atoms with Crippen molar-refractivity contribution in [1.82, 2.24) is 20.1 Å². The number of rotatable bonds is 7. The number of H-pyrrole nitrogens is 1. The van der Waals surface area contributed by atoms with Crippen LogP contribution in [0.1, 0.15) is 31.2 Å². The van der Waals surface area contributed by atoms with E-state index in [1.165, 1.54) is 18.0 Å².